The first-order chi connectivity index (χ1) is 10.7. The second kappa shape index (κ2) is 7.14. The number of rotatable bonds is 4. The van der Waals surface area contributed by atoms with Crippen molar-refractivity contribution in [3.63, 3.8) is 0 Å². The Balaban J connectivity index is 1.51. The van der Waals surface area contributed by atoms with Gasteiger partial charge in [0.1, 0.15) is 5.75 Å². The molecule has 4 heteroatoms. The van der Waals surface area contributed by atoms with Gasteiger partial charge < -0.3 is 10.1 Å². The molecule has 1 heterocycles. The number of carbonyl (C=O) groups excluding carboxylic acids is 1. The first-order valence-electron chi connectivity index (χ1n) is 8.41. The highest BCUT2D eigenvalue weighted by atomic mass is 16.5. The Bertz CT molecular complexity index is 518. The molecule has 3 rings (SSSR count). The zero-order valence-electron chi connectivity index (χ0n) is 13.4. The number of methoxy groups -OCH3 is 1. The molecule has 2 aliphatic rings. The van der Waals surface area contributed by atoms with Gasteiger partial charge in [-0.2, -0.15) is 0 Å². The third-order valence-corrected chi connectivity index (χ3v) is 5.10. The molecule has 1 saturated carbocycles. The molecule has 0 bridgehead atoms. The number of hydrogen-bond donors (Lipinski definition) is 1. The molecule has 1 aromatic rings. The Morgan fingerprint density at radius 3 is 2.91 bits per heavy atom. The van der Waals surface area contributed by atoms with Gasteiger partial charge in [-0.15, -0.1) is 0 Å². The molecule has 0 radical (unpaired) electrons. The van der Waals surface area contributed by atoms with Gasteiger partial charge in [-0.3, -0.25) is 9.69 Å². The monoisotopic (exact) mass is 302 g/mol. The number of fused-ring (bicyclic) bond motifs is 1. The molecule has 0 spiro atoms. The average molecular weight is 302 g/mol. The summed E-state index contributed by atoms with van der Waals surface area (Å²) in [6.45, 7) is 2.66. The summed E-state index contributed by atoms with van der Waals surface area (Å²) >= 11 is 0. The standard InChI is InChI=1S/C18H26N2O2/c1-22-17-8-4-7-16(11-17)19-18(21)13-20-10-9-14-5-2-3-6-15(14)12-20/h4,7-8,11,14-15H,2-3,5-6,9-10,12-13H2,1H3,(H,19,21)/t14-,15-/m1/s1. The average Bonchev–Trinajstić information content (AvgIpc) is 2.55. The molecule has 120 valence electrons. The van der Waals surface area contributed by atoms with E-state index in [1.165, 1.54) is 32.1 Å². The van der Waals surface area contributed by atoms with E-state index in [-0.39, 0.29) is 5.91 Å². The van der Waals surface area contributed by atoms with Gasteiger partial charge in [0.15, 0.2) is 0 Å². The van der Waals surface area contributed by atoms with Crippen LogP contribution in [0.3, 0.4) is 0 Å². The summed E-state index contributed by atoms with van der Waals surface area (Å²) in [5.74, 6) is 2.56. The quantitative estimate of drug-likeness (QED) is 0.929. The van der Waals surface area contributed by atoms with E-state index in [1.54, 1.807) is 7.11 Å². The van der Waals surface area contributed by atoms with Crippen LogP contribution in [0.15, 0.2) is 24.3 Å². The third-order valence-electron chi connectivity index (χ3n) is 5.10. The Labute approximate surface area is 132 Å². The van der Waals surface area contributed by atoms with Crippen LogP contribution in [0.4, 0.5) is 5.69 Å². The maximum absolute atomic E-state index is 12.2. The SMILES string of the molecule is COc1cccc(NC(=O)CN2CC[C@H]3CCCC[C@@H]3C2)c1. The lowest BCUT2D eigenvalue weighted by molar-refractivity contribution is -0.118. The van der Waals surface area contributed by atoms with Gasteiger partial charge in [0.25, 0.3) is 0 Å². The Morgan fingerprint density at radius 2 is 2.09 bits per heavy atom. The second-order valence-electron chi connectivity index (χ2n) is 6.61. The minimum atomic E-state index is 0.0718. The molecule has 1 amide bonds. The summed E-state index contributed by atoms with van der Waals surface area (Å²) < 4.78 is 5.18. The number of ether oxygens (including phenoxy) is 1. The van der Waals surface area contributed by atoms with Crippen LogP contribution >= 0.6 is 0 Å². The summed E-state index contributed by atoms with van der Waals surface area (Å²) in [7, 11) is 1.63. The molecule has 22 heavy (non-hydrogen) atoms. The van der Waals surface area contributed by atoms with E-state index in [1.807, 2.05) is 24.3 Å². The topological polar surface area (TPSA) is 41.6 Å². The first-order valence-corrected chi connectivity index (χ1v) is 8.41. The lowest BCUT2D eigenvalue weighted by Crippen LogP contribution is -2.44. The summed E-state index contributed by atoms with van der Waals surface area (Å²) in [5, 5.41) is 2.98. The van der Waals surface area contributed by atoms with Crippen molar-refractivity contribution in [3.8, 4) is 5.75 Å². The van der Waals surface area contributed by atoms with Crippen LogP contribution in [0.25, 0.3) is 0 Å². The van der Waals surface area contributed by atoms with E-state index >= 15 is 0 Å². The van der Waals surface area contributed by atoms with Crippen LogP contribution in [0.1, 0.15) is 32.1 Å². The zero-order valence-corrected chi connectivity index (χ0v) is 13.4. The Morgan fingerprint density at radius 1 is 1.27 bits per heavy atom. The predicted molar refractivity (Wildman–Crippen MR) is 88.1 cm³/mol. The molecule has 1 aromatic carbocycles. The Hall–Kier alpha value is -1.55. The van der Waals surface area contributed by atoms with Gasteiger partial charge in [-0.05, 0) is 43.4 Å². The van der Waals surface area contributed by atoms with Crippen molar-refractivity contribution >= 4 is 11.6 Å². The maximum Gasteiger partial charge on any atom is 0.238 e. The van der Waals surface area contributed by atoms with E-state index in [0.717, 1.165) is 36.4 Å². The number of nitrogens with zero attached hydrogens (tertiary/aromatic N) is 1. The number of hydrogen-bond acceptors (Lipinski definition) is 3. The van der Waals surface area contributed by atoms with Gasteiger partial charge in [0, 0.05) is 18.3 Å². The molecular formula is C18H26N2O2. The number of benzene rings is 1. The largest absolute Gasteiger partial charge is 0.497 e. The van der Waals surface area contributed by atoms with Crippen LogP contribution in [-0.2, 0) is 4.79 Å². The van der Waals surface area contributed by atoms with Crippen molar-refractivity contribution in [3.05, 3.63) is 24.3 Å². The number of likely N-dealkylation sites (tertiary alicyclic amines) is 1. The number of anilines is 1. The smallest absolute Gasteiger partial charge is 0.238 e. The van der Waals surface area contributed by atoms with E-state index in [0.29, 0.717) is 6.54 Å². The normalized spacial score (nSPS) is 25.3. The van der Waals surface area contributed by atoms with Crippen LogP contribution in [-0.4, -0.2) is 37.6 Å². The van der Waals surface area contributed by atoms with E-state index < -0.39 is 0 Å². The van der Waals surface area contributed by atoms with Gasteiger partial charge in [-0.25, -0.2) is 0 Å². The van der Waals surface area contributed by atoms with Gasteiger partial charge in [0.05, 0.1) is 13.7 Å². The van der Waals surface area contributed by atoms with Crippen LogP contribution < -0.4 is 10.1 Å². The van der Waals surface area contributed by atoms with Crippen molar-refractivity contribution in [2.45, 2.75) is 32.1 Å². The highest BCUT2D eigenvalue weighted by Crippen LogP contribution is 2.35. The van der Waals surface area contributed by atoms with Crippen molar-refractivity contribution in [2.24, 2.45) is 11.8 Å². The van der Waals surface area contributed by atoms with Crippen LogP contribution in [0, 0.1) is 11.8 Å². The highest BCUT2D eigenvalue weighted by molar-refractivity contribution is 5.92. The van der Waals surface area contributed by atoms with Gasteiger partial charge >= 0.3 is 0 Å². The van der Waals surface area contributed by atoms with Gasteiger partial charge in [0.2, 0.25) is 5.91 Å². The van der Waals surface area contributed by atoms with Crippen molar-refractivity contribution < 1.29 is 9.53 Å². The van der Waals surface area contributed by atoms with E-state index in [4.69, 9.17) is 4.74 Å². The molecule has 1 saturated heterocycles. The third kappa shape index (κ3) is 3.80. The van der Waals surface area contributed by atoms with Crippen LogP contribution in [0.5, 0.6) is 5.75 Å². The number of piperidine rings is 1. The number of nitrogens with one attached hydrogen (secondary N) is 1. The fourth-order valence-electron chi connectivity index (χ4n) is 3.92. The van der Waals surface area contributed by atoms with Crippen molar-refractivity contribution in [1.29, 1.82) is 0 Å². The van der Waals surface area contributed by atoms with Crippen LogP contribution in [0.2, 0.25) is 0 Å². The second-order valence-corrected chi connectivity index (χ2v) is 6.61. The Kier molecular flexibility index (Phi) is 4.98. The molecule has 1 aliphatic carbocycles. The molecular weight excluding hydrogens is 276 g/mol. The van der Waals surface area contributed by atoms with E-state index in [9.17, 15) is 4.79 Å². The molecule has 4 nitrogen and oxygen atoms in total. The fraction of sp³-hybridized carbons (Fsp3) is 0.611. The molecule has 1 N–H and O–H groups in total. The minimum absolute atomic E-state index is 0.0718. The van der Waals surface area contributed by atoms with Crippen molar-refractivity contribution in [1.82, 2.24) is 4.90 Å². The number of carbonyl (C=O) groups is 1. The minimum Gasteiger partial charge on any atom is -0.497 e. The molecule has 0 unspecified atom stereocenters. The summed E-state index contributed by atoms with van der Waals surface area (Å²) in [6, 6.07) is 7.52. The first kappa shape index (κ1) is 15.3. The number of amides is 1. The predicted octanol–water partition coefficient (Wildman–Crippen LogP) is 3.15. The lowest BCUT2D eigenvalue weighted by atomic mass is 9.75. The lowest BCUT2D eigenvalue weighted by Gasteiger charge is -2.41. The molecule has 2 atom stereocenters. The van der Waals surface area contributed by atoms with E-state index in [2.05, 4.69) is 10.2 Å². The zero-order chi connectivity index (χ0) is 15.4. The fourth-order valence-corrected chi connectivity index (χ4v) is 3.92. The molecule has 0 aromatic heterocycles. The molecule has 2 fully saturated rings. The van der Waals surface area contributed by atoms with Crippen molar-refractivity contribution in [2.75, 3.05) is 32.1 Å². The maximum atomic E-state index is 12.2. The molecule has 1 aliphatic heterocycles. The highest BCUT2D eigenvalue weighted by Gasteiger charge is 2.31. The summed E-state index contributed by atoms with van der Waals surface area (Å²) in [5.41, 5.74) is 0.803. The summed E-state index contributed by atoms with van der Waals surface area (Å²) in [4.78, 5) is 14.6. The summed E-state index contributed by atoms with van der Waals surface area (Å²) in [6.07, 6.45) is 6.77. The van der Waals surface area contributed by atoms with Gasteiger partial charge in [-0.1, -0.05) is 25.3 Å².